The smallest absolute Gasteiger partial charge is 0.420 e. The van der Waals surface area contributed by atoms with Gasteiger partial charge >= 0.3 is 12.1 Å². The summed E-state index contributed by atoms with van der Waals surface area (Å²) in [5, 5.41) is 1.91. The maximum absolute atomic E-state index is 12.3. The minimum atomic E-state index is -1.06. The molecular weight excluding hydrogens is 438 g/mol. The number of imide groups is 1. The Morgan fingerprint density at radius 3 is 2.29 bits per heavy atom. The van der Waals surface area contributed by atoms with Crippen LogP contribution in [0.5, 0.6) is 11.6 Å². The molecule has 9 nitrogen and oxygen atoms in total. The number of nitrogens with zero attached hydrogens (tertiary/aromatic N) is 1. The molecule has 0 radical (unpaired) electrons. The first-order valence-corrected chi connectivity index (χ1v) is 11.0. The number of carbonyl (C=O) groups excluding carboxylic acids is 3. The summed E-state index contributed by atoms with van der Waals surface area (Å²) in [7, 11) is 1.33. The number of ether oxygens (including phenoxy) is 3. The largest absolute Gasteiger partial charge is 0.491 e. The molecule has 0 atom stereocenters. The lowest BCUT2D eigenvalue weighted by molar-refractivity contribution is -0.118. The number of aromatic nitrogens is 1. The van der Waals surface area contributed by atoms with Crippen LogP contribution in [0, 0.1) is 0 Å². The lowest BCUT2D eigenvalue weighted by atomic mass is 10.1. The Bertz CT molecular complexity index is 946. The molecule has 0 spiro atoms. The first-order chi connectivity index (χ1) is 16.2. The van der Waals surface area contributed by atoms with Crippen molar-refractivity contribution in [3.63, 3.8) is 0 Å². The van der Waals surface area contributed by atoms with Crippen LogP contribution in [0.2, 0.25) is 0 Å². The fraction of sp³-hybridized carbons (Fsp3) is 0.440. The number of amides is 2. The molecule has 0 saturated carbocycles. The molecule has 0 aliphatic rings. The van der Waals surface area contributed by atoms with E-state index in [1.807, 2.05) is 18.3 Å². The van der Waals surface area contributed by atoms with Gasteiger partial charge in [-0.15, -0.1) is 0 Å². The number of rotatable bonds is 12. The van der Waals surface area contributed by atoms with Gasteiger partial charge in [0, 0.05) is 12.3 Å². The first kappa shape index (κ1) is 28.6. The Morgan fingerprint density at radius 2 is 1.68 bits per heavy atom. The SMILES string of the molecule is COc1cc(C(=O)OCC=C(C)CCC=C(C)CCC=C(C)C)cnc1OC(=O)NC(=O)CN. The van der Waals surface area contributed by atoms with Crippen molar-refractivity contribution < 1.29 is 28.6 Å². The third kappa shape index (κ3) is 11.4. The topological polar surface area (TPSA) is 130 Å². The maximum Gasteiger partial charge on any atom is 0.420 e. The molecule has 186 valence electrons. The molecular formula is C25H35N3O6. The second kappa shape index (κ2) is 15.4. The molecule has 0 aliphatic heterocycles. The van der Waals surface area contributed by atoms with Crippen LogP contribution in [-0.4, -0.2) is 43.2 Å². The Kier molecular flexibility index (Phi) is 12.9. The second-order valence-electron chi connectivity index (χ2n) is 7.93. The van der Waals surface area contributed by atoms with Gasteiger partial charge in [0.2, 0.25) is 5.91 Å². The van der Waals surface area contributed by atoms with Gasteiger partial charge in [-0.05, 0) is 59.5 Å². The van der Waals surface area contributed by atoms with Gasteiger partial charge in [0.05, 0.1) is 19.2 Å². The van der Waals surface area contributed by atoms with Crippen molar-refractivity contribution in [3.05, 3.63) is 52.8 Å². The Hall–Kier alpha value is -3.46. The van der Waals surface area contributed by atoms with Crippen LogP contribution in [0.4, 0.5) is 4.79 Å². The van der Waals surface area contributed by atoms with Crippen LogP contribution in [-0.2, 0) is 9.53 Å². The van der Waals surface area contributed by atoms with Crippen LogP contribution in [0.25, 0.3) is 0 Å². The van der Waals surface area contributed by atoms with Crippen molar-refractivity contribution in [2.24, 2.45) is 5.73 Å². The van der Waals surface area contributed by atoms with Crippen molar-refractivity contribution >= 4 is 18.0 Å². The molecule has 1 aromatic heterocycles. The molecule has 0 saturated heterocycles. The van der Waals surface area contributed by atoms with Crippen molar-refractivity contribution in [1.82, 2.24) is 10.3 Å². The van der Waals surface area contributed by atoms with Crippen molar-refractivity contribution in [1.29, 1.82) is 0 Å². The highest BCUT2D eigenvalue weighted by atomic mass is 16.6. The number of carbonyl (C=O) groups is 3. The fourth-order valence-electron chi connectivity index (χ4n) is 2.73. The van der Waals surface area contributed by atoms with Gasteiger partial charge in [0.15, 0.2) is 5.75 Å². The van der Waals surface area contributed by atoms with Gasteiger partial charge in [-0.2, -0.15) is 0 Å². The van der Waals surface area contributed by atoms with E-state index >= 15 is 0 Å². The Morgan fingerprint density at radius 1 is 1.03 bits per heavy atom. The molecule has 0 aromatic carbocycles. The fourth-order valence-corrected chi connectivity index (χ4v) is 2.73. The van der Waals surface area contributed by atoms with E-state index in [4.69, 9.17) is 19.9 Å². The van der Waals surface area contributed by atoms with Gasteiger partial charge in [-0.1, -0.05) is 28.9 Å². The predicted molar refractivity (Wildman–Crippen MR) is 130 cm³/mol. The predicted octanol–water partition coefficient (Wildman–Crippen LogP) is 4.24. The van der Waals surface area contributed by atoms with Gasteiger partial charge in [-0.3, -0.25) is 10.1 Å². The molecule has 1 aromatic rings. The van der Waals surface area contributed by atoms with Gasteiger partial charge < -0.3 is 19.9 Å². The highest BCUT2D eigenvalue weighted by Crippen LogP contribution is 2.25. The highest BCUT2D eigenvalue weighted by molar-refractivity contribution is 5.93. The summed E-state index contributed by atoms with van der Waals surface area (Å²) in [5.41, 5.74) is 9.08. The molecule has 1 heterocycles. The van der Waals surface area contributed by atoms with E-state index in [1.165, 1.54) is 30.5 Å². The van der Waals surface area contributed by atoms with E-state index in [1.54, 1.807) is 0 Å². The zero-order valence-corrected chi connectivity index (χ0v) is 20.6. The highest BCUT2D eigenvalue weighted by Gasteiger charge is 2.17. The van der Waals surface area contributed by atoms with E-state index in [2.05, 4.69) is 37.9 Å². The summed E-state index contributed by atoms with van der Waals surface area (Å²) in [6.45, 7) is 8.10. The molecule has 0 unspecified atom stereocenters. The number of hydrogen-bond donors (Lipinski definition) is 2. The normalized spacial score (nSPS) is 11.5. The molecule has 1 rings (SSSR count). The lowest BCUT2D eigenvalue weighted by Gasteiger charge is -2.10. The lowest BCUT2D eigenvalue weighted by Crippen LogP contribution is -2.37. The Balaban J connectivity index is 2.56. The number of esters is 1. The Labute approximate surface area is 201 Å². The molecule has 0 fully saturated rings. The first-order valence-electron chi connectivity index (χ1n) is 11.0. The molecule has 34 heavy (non-hydrogen) atoms. The molecule has 2 amide bonds. The average Bonchev–Trinajstić information content (AvgIpc) is 2.78. The maximum atomic E-state index is 12.3. The summed E-state index contributed by atoms with van der Waals surface area (Å²) in [6, 6.07) is 1.34. The van der Waals surface area contributed by atoms with Gasteiger partial charge in [-0.25, -0.2) is 14.6 Å². The van der Waals surface area contributed by atoms with Crippen molar-refractivity contribution in [3.8, 4) is 11.6 Å². The third-order valence-electron chi connectivity index (χ3n) is 4.66. The summed E-state index contributed by atoms with van der Waals surface area (Å²) < 4.78 is 15.3. The molecule has 9 heteroatoms. The van der Waals surface area contributed by atoms with Crippen LogP contribution in [0.15, 0.2) is 47.2 Å². The van der Waals surface area contributed by atoms with Gasteiger partial charge in [0.25, 0.3) is 5.88 Å². The summed E-state index contributed by atoms with van der Waals surface area (Å²) in [5.74, 6) is -1.48. The monoisotopic (exact) mass is 473 g/mol. The van der Waals surface area contributed by atoms with E-state index in [0.29, 0.717) is 0 Å². The number of pyridine rings is 1. The third-order valence-corrected chi connectivity index (χ3v) is 4.66. The van der Waals surface area contributed by atoms with Crippen LogP contribution < -0.4 is 20.5 Å². The summed E-state index contributed by atoms with van der Waals surface area (Å²) in [6.07, 6.45) is 10.4. The number of nitrogens with one attached hydrogen (secondary N) is 1. The van der Waals surface area contributed by atoms with Gasteiger partial charge in [0.1, 0.15) is 6.61 Å². The summed E-state index contributed by atoms with van der Waals surface area (Å²) >= 11 is 0. The van der Waals surface area contributed by atoms with Crippen molar-refractivity contribution in [2.75, 3.05) is 20.3 Å². The second-order valence-corrected chi connectivity index (χ2v) is 7.93. The number of hydrogen-bond acceptors (Lipinski definition) is 8. The molecule has 3 N–H and O–H groups in total. The zero-order valence-electron chi connectivity index (χ0n) is 20.6. The van der Waals surface area contributed by atoms with Crippen LogP contribution >= 0.6 is 0 Å². The average molecular weight is 474 g/mol. The quantitative estimate of drug-likeness (QED) is 0.341. The van der Waals surface area contributed by atoms with Crippen LogP contribution in [0.1, 0.15) is 63.7 Å². The van der Waals surface area contributed by atoms with E-state index in [-0.39, 0.29) is 30.3 Å². The van der Waals surface area contributed by atoms with Crippen molar-refractivity contribution in [2.45, 2.75) is 53.4 Å². The van der Waals surface area contributed by atoms with E-state index in [9.17, 15) is 14.4 Å². The molecule has 0 bridgehead atoms. The number of allylic oxidation sites excluding steroid dienone is 5. The van der Waals surface area contributed by atoms with Crippen LogP contribution in [0.3, 0.4) is 0 Å². The minimum Gasteiger partial charge on any atom is -0.491 e. The standard InChI is InChI=1S/C25H35N3O6/c1-17(2)8-6-9-18(3)10-7-11-19(4)12-13-33-24(30)20-14-21(32-5)23(27-16-20)34-25(31)28-22(29)15-26/h8,10,12,14,16H,6-7,9,11,13,15,26H2,1-5H3,(H,28,29,31). The van der Waals surface area contributed by atoms with E-state index < -0.39 is 18.0 Å². The minimum absolute atomic E-state index is 0.0308. The summed E-state index contributed by atoms with van der Waals surface area (Å²) in [4.78, 5) is 39.0. The van der Waals surface area contributed by atoms with E-state index in [0.717, 1.165) is 31.3 Å². The molecule has 0 aliphatic carbocycles. The number of methoxy groups -OCH3 is 1. The zero-order chi connectivity index (χ0) is 25.5. The number of nitrogens with two attached hydrogens (primary N) is 1.